The third-order valence-electron chi connectivity index (χ3n) is 7.26. The maximum Gasteiger partial charge on any atom is 0.231 e. The fourth-order valence-corrected chi connectivity index (χ4v) is 5.41. The van der Waals surface area contributed by atoms with Crippen LogP contribution in [0.3, 0.4) is 0 Å². The van der Waals surface area contributed by atoms with Crippen molar-refractivity contribution >= 4 is 5.69 Å². The molecule has 194 valence electrons. The van der Waals surface area contributed by atoms with Crippen molar-refractivity contribution in [3.05, 3.63) is 144 Å². The molecule has 0 unspecified atom stereocenters. The summed E-state index contributed by atoms with van der Waals surface area (Å²) in [6.07, 6.45) is 0. The molecular formula is C33H25N5O2. The van der Waals surface area contributed by atoms with E-state index >= 15 is 0 Å². The van der Waals surface area contributed by atoms with Gasteiger partial charge in [0.15, 0.2) is 17.0 Å². The number of ether oxygens (including phenoxy) is 2. The Morgan fingerprint density at radius 2 is 1.23 bits per heavy atom. The molecule has 0 amide bonds. The van der Waals surface area contributed by atoms with Crippen molar-refractivity contribution in [1.29, 1.82) is 0 Å². The van der Waals surface area contributed by atoms with Crippen molar-refractivity contribution in [1.82, 2.24) is 20.2 Å². The van der Waals surface area contributed by atoms with E-state index in [1.54, 1.807) is 4.80 Å². The lowest BCUT2D eigenvalue weighted by Gasteiger charge is -2.34. The van der Waals surface area contributed by atoms with Gasteiger partial charge in [-0.15, -0.1) is 15.0 Å². The largest absolute Gasteiger partial charge is 0.454 e. The Morgan fingerprint density at radius 3 is 1.85 bits per heavy atom. The third kappa shape index (κ3) is 3.87. The quantitative estimate of drug-likeness (QED) is 0.208. The maximum atomic E-state index is 6.27. The number of hydrogen-bond acceptors (Lipinski definition) is 6. The van der Waals surface area contributed by atoms with Crippen LogP contribution in [0.2, 0.25) is 0 Å². The number of rotatable bonds is 6. The van der Waals surface area contributed by atoms with Gasteiger partial charge in [0, 0.05) is 11.3 Å². The van der Waals surface area contributed by atoms with Gasteiger partial charge >= 0.3 is 0 Å². The van der Waals surface area contributed by atoms with Gasteiger partial charge in [-0.3, -0.25) is 0 Å². The fraction of sp³-hybridized carbons (Fsp3) is 0.0606. The molecule has 2 N–H and O–H groups in total. The lowest BCUT2D eigenvalue weighted by molar-refractivity contribution is 0.174. The molecule has 40 heavy (non-hydrogen) atoms. The van der Waals surface area contributed by atoms with Crippen molar-refractivity contribution in [2.75, 3.05) is 12.5 Å². The van der Waals surface area contributed by atoms with E-state index in [0.29, 0.717) is 17.3 Å². The van der Waals surface area contributed by atoms with E-state index in [1.165, 1.54) is 0 Å². The number of tetrazole rings is 1. The predicted octanol–water partition coefficient (Wildman–Crippen LogP) is 6.16. The van der Waals surface area contributed by atoms with Gasteiger partial charge in [0.2, 0.25) is 12.6 Å². The summed E-state index contributed by atoms with van der Waals surface area (Å²) >= 11 is 0. The molecule has 0 atom stereocenters. The van der Waals surface area contributed by atoms with Crippen molar-refractivity contribution in [2.45, 2.75) is 5.54 Å². The minimum Gasteiger partial charge on any atom is -0.454 e. The molecule has 1 aliphatic rings. The van der Waals surface area contributed by atoms with Gasteiger partial charge in [-0.05, 0) is 57.3 Å². The molecule has 6 aromatic rings. The SMILES string of the molecule is Nc1ccc(-c2ccc3c(c2)OCO3)c(-c2nnn(C(c3ccccc3)(c3ccccc3)c3ccccc3)n2)c1. The standard InChI is InChI=1S/C33H25N5O2/c34-27-17-18-28(23-16-19-30-31(20-23)40-22-39-30)29(21-27)32-35-37-38(36-32)33(24-10-4-1-5-11-24,25-12-6-2-7-13-25)26-14-8-3-9-15-26/h1-21H,22,34H2. The molecule has 0 spiro atoms. The Balaban J connectivity index is 1.45. The number of nitrogens with two attached hydrogens (primary N) is 1. The second kappa shape index (κ2) is 9.71. The topological polar surface area (TPSA) is 88.1 Å². The highest BCUT2D eigenvalue weighted by Crippen LogP contribution is 2.42. The van der Waals surface area contributed by atoms with Crippen molar-refractivity contribution in [3.63, 3.8) is 0 Å². The molecule has 0 fully saturated rings. The van der Waals surface area contributed by atoms with Crippen molar-refractivity contribution in [3.8, 4) is 34.0 Å². The Bertz CT molecular complexity index is 1690. The van der Waals surface area contributed by atoms with Crippen molar-refractivity contribution < 1.29 is 9.47 Å². The summed E-state index contributed by atoms with van der Waals surface area (Å²) in [6, 6.07) is 42.4. The highest BCUT2D eigenvalue weighted by atomic mass is 16.7. The van der Waals surface area contributed by atoms with E-state index in [-0.39, 0.29) is 6.79 Å². The molecule has 0 saturated carbocycles. The molecule has 1 aromatic heterocycles. The van der Waals surface area contributed by atoms with Gasteiger partial charge in [0.25, 0.3) is 0 Å². The molecule has 5 aromatic carbocycles. The highest BCUT2D eigenvalue weighted by Gasteiger charge is 2.41. The van der Waals surface area contributed by atoms with Crippen LogP contribution in [0.5, 0.6) is 11.5 Å². The van der Waals surface area contributed by atoms with E-state index in [9.17, 15) is 0 Å². The summed E-state index contributed by atoms with van der Waals surface area (Å²) in [5.41, 5.74) is 11.7. The first-order valence-corrected chi connectivity index (χ1v) is 13.0. The van der Waals surface area contributed by atoms with Crippen LogP contribution in [0.25, 0.3) is 22.5 Å². The van der Waals surface area contributed by atoms with Gasteiger partial charge < -0.3 is 15.2 Å². The predicted molar refractivity (Wildman–Crippen MR) is 154 cm³/mol. The molecule has 1 aliphatic heterocycles. The number of fused-ring (bicyclic) bond motifs is 1. The molecular weight excluding hydrogens is 498 g/mol. The van der Waals surface area contributed by atoms with Crippen LogP contribution in [0.4, 0.5) is 5.69 Å². The number of aromatic nitrogens is 4. The Kier molecular flexibility index (Phi) is 5.74. The highest BCUT2D eigenvalue weighted by molar-refractivity contribution is 5.83. The lowest BCUT2D eigenvalue weighted by atomic mass is 9.77. The number of benzene rings is 5. The molecule has 2 heterocycles. The van der Waals surface area contributed by atoms with Gasteiger partial charge in [-0.2, -0.15) is 0 Å². The number of nitrogen functional groups attached to an aromatic ring is 1. The van der Waals surface area contributed by atoms with Crippen LogP contribution in [-0.2, 0) is 5.54 Å². The second-order valence-electron chi connectivity index (χ2n) is 9.58. The van der Waals surface area contributed by atoms with Gasteiger partial charge in [-0.25, -0.2) is 0 Å². The first-order chi connectivity index (χ1) is 19.7. The Labute approximate surface area is 231 Å². The Morgan fingerprint density at radius 1 is 0.625 bits per heavy atom. The minimum atomic E-state index is -0.867. The fourth-order valence-electron chi connectivity index (χ4n) is 5.41. The van der Waals surface area contributed by atoms with E-state index in [1.807, 2.05) is 91.0 Å². The van der Waals surface area contributed by atoms with Crippen LogP contribution in [0.1, 0.15) is 16.7 Å². The first kappa shape index (κ1) is 23.7. The normalized spacial score (nSPS) is 12.4. The van der Waals surface area contributed by atoms with Crippen LogP contribution < -0.4 is 15.2 Å². The smallest absolute Gasteiger partial charge is 0.231 e. The number of nitrogens with zero attached hydrogens (tertiary/aromatic N) is 4. The molecule has 0 radical (unpaired) electrons. The zero-order chi connectivity index (χ0) is 26.9. The summed E-state index contributed by atoms with van der Waals surface area (Å²) in [4.78, 5) is 1.72. The van der Waals surface area contributed by atoms with Crippen LogP contribution in [-0.4, -0.2) is 27.0 Å². The van der Waals surface area contributed by atoms with Crippen LogP contribution in [0.15, 0.2) is 127 Å². The molecule has 0 bridgehead atoms. The van der Waals surface area contributed by atoms with Gasteiger partial charge in [-0.1, -0.05) is 103 Å². The van der Waals surface area contributed by atoms with E-state index in [2.05, 4.69) is 46.7 Å². The Hall–Kier alpha value is -5.43. The van der Waals surface area contributed by atoms with E-state index in [4.69, 9.17) is 20.3 Å². The average molecular weight is 524 g/mol. The van der Waals surface area contributed by atoms with Crippen LogP contribution >= 0.6 is 0 Å². The summed E-state index contributed by atoms with van der Waals surface area (Å²) in [6.45, 7) is 0.212. The number of hydrogen-bond donors (Lipinski definition) is 1. The monoisotopic (exact) mass is 523 g/mol. The first-order valence-electron chi connectivity index (χ1n) is 13.0. The summed E-state index contributed by atoms with van der Waals surface area (Å²) < 4.78 is 11.1. The summed E-state index contributed by atoms with van der Waals surface area (Å²) in [5.74, 6) is 1.89. The zero-order valence-corrected chi connectivity index (χ0v) is 21.5. The van der Waals surface area contributed by atoms with Gasteiger partial charge in [0.1, 0.15) is 0 Å². The minimum absolute atomic E-state index is 0.212. The van der Waals surface area contributed by atoms with E-state index < -0.39 is 5.54 Å². The van der Waals surface area contributed by atoms with E-state index in [0.717, 1.165) is 39.1 Å². The molecule has 7 nitrogen and oxygen atoms in total. The lowest BCUT2D eigenvalue weighted by Crippen LogP contribution is -2.39. The zero-order valence-electron chi connectivity index (χ0n) is 21.5. The summed E-state index contributed by atoms with van der Waals surface area (Å²) in [5, 5.41) is 14.4. The molecule has 0 saturated heterocycles. The molecule has 0 aliphatic carbocycles. The summed E-state index contributed by atoms with van der Waals surface area (Å²) in [7, 11) is 0. The molecule has 7 rings (SSSR count). The third-order valence-corrected chi connectivity index (χ3v) is 7.26. The van der Waals surface area contributed by atoms with Gasteiger partial charge in [0.05, 0.1) is 0 Å². The maximum absolute atomic E-state index is 6.27. The number of anilines is 1. The molecule has 7 heteroatoms. The average Bonchev–Trinajstić information content (AvgIpc) is 3.70. The van der Waals surface area contributed by atoms with Crippen molar-refractivity contribution in [2.24, 2.45) is 0 Å². The van der Waals surface area contributed by atoms with Crippen LogP contribution in [0, 0.1) is 0 Å². The second-order valence-corrected chi connectivity index (χ2v) is 9.58.